The van der Waals surface area contributed by atoms with Crippen molar-refractivity contribution in [2.24, 2.45) is 0 Å². The summed E-state index contributed by atoms with van der Waals surface area (Å²) in [5, 5.41) is 6.43. The number of anilines is 2. The number of aromatic amines is 1. The van der Waals surface area contributed by atoms with Crippen molar-refractivity contribution in [3.8, 4) is 0 Å². The molecule has 0 saturated heterocycles. The number of hydrogen-bond donors (Lipinski definition) is 3. The first-order chi connectivity index (χ1) is 11.6. The van der Waals surface area contributed by atoms with E-state index in [1.807, 2.05) is 31.2 Å². The highest BCUT2D eigenvalue weighted by Crippen LogP contribution is 2.26. The molecule has 6 heteroatoms. The fourth-order valence-electron chi connectivity index (χ4n) is 2.48. The monoisotopic (exact) mass is 327 g/mol. The minimum Gasteiger partial charge on any atom is -0.445 e. The topological polar surface area (TPSA) is 66.1 Å². The Hall–Kier alpha value is -3.02. The van der Waals surface area contributed by atoms with Gasteiger partial charge in [0.15, 0.2) is 0 Å². The van der Waals surface area contributed by atoms with Gasteiger partial charge in [0, 0.05) is 35.4 Å². The Kier molecular flexibility index (Phi) is 4.37. The van der Waals surface area contributed by atoms with E-state index < -0.39 is 6.09 Å². The third kappa shape index (κ3) is 3.32. The van der Waals surface area contributed by atoms with Crippen LogP contribution in [-0.4, -0.2) is 18.1 Å². The van der Waals surface area contributed by atoms with Gasteiger partial charge in [-0.2, -0.15) is 0 Å². The second-order valence-electron chi connectivity index (χ2n) is 5.51. The van der Waals surface area contributed by atoms with Crippen molar-refractivity contribution >= 4 is 28.4 Å². The number of carbonyl (C=O) groups is 1. The lowest BCUT2D eigenvalue weighted by Crippen LogP contribution is -2.18. The maximum Gasteiger partial charge on any atom is 0.407 e. The zero-order valence-electron chi connectivity index (χ0n) is 13.4. The molecular formula is C18H18FN3O2. The predicted molar refractivity (Wildman–Crippen MR) is 92.0 cm³/mol. The van der Waals surface area contributed by atoms with Gasteiger partial charge in [-0.05, 0) is 36.8 Å². The predicted octanol–water partition coefficient (Wildman–Crippen LogP) is 4.22. The van der Waals surface area contributed by atoms with Gasteiger partial charge in [-0.3, -0.25) is 0 Å². The van der Waals surface area contributed by atoms with E-state index >= 15 is 0 Å². The Morgan fingerprint density at radius 2 is 2.08 bits per heavy atom. The fraction of sp³-hybridized carbons (Fsp3) is 0.167. The van der Waals surface area contributed by atoms with Crippen LogP contribution in [0.4, 0.5) is 20.6 Å². The van der Waals surface area contributed by atoms with Crippen molar-refractivity contribution in [1.29, 1.82) is 0 Å². The Labute approximate surface area is 138 Å². The maximum absolute atomic E-state index is 13.9. The molecule has 0 bridgehead atoms. The number of ether oxygens (including phenoxy) is 1. The molecule has 1 heterocycles. The molecule has 3 rings (SSSR count). The third-order valence-electron chi connectivity index (χ3n) is 3.73. The van der Waals surface area contributed by atoms with E-state index in [9.17, 15) is 9.18 Å². The van der Waals surface area contributed by atoms with Crippen LogP contribution in [0, 0.1) is 12.7 Å². The van der Waals surface area contributed by atoms with Gasteiger partial charge in [0.2, 0.25) is 0 Å². The zero-order chi connectivity index (χ0) is 17.1. The molecule has 2 aromatic carbocycles. The molecule has 0 aliphatic heterocycles. The molecule has 0 spiro atoms. The van der Waals surface area contributed by atoms with Crippen LogP contribution in [0.25, 0.3) is 10.9 Å². The summed E-state index contributed by atoms with van der Waals surface area (Å²) in [5.41, 5.74) is 3.82. The number of aromatic nitrogens is 1. The van der Waals surface area contributed by atoms with Gasteiger partial charge in [-0.25, -0.2) is 9.18 Å². The number of rotatable bonds is 4. The number of benzene rings is 2. The summed E-state index contributed by atoms with van der Waals surface area (Å²) in [7, 11) is 1.51. The summed E-state index contributed by atoms with van der Waals surface area (Å²) < 4.78 is 19.0. The normalized spacial score (nSPS) is 10.6. The number of nitrogens with one attached hydrogen (secondary N) is 3. The Morgan fingerprint density at radius 1 is 1.25 bits per heavy atom. The Morgan fingerprint density at radius 3 is 2.83 bits per heavy atom. The first-order valence-corrected chi connectivity index (χ1v) is 7.54. The van der Waals surface area contributed by atoms with Gasteiger partial charge in [0.25, 0.3) is 0 Å². The third-order valence-corrected chi connectivity index (χ3v) is 3.73. The van der Waals surface area contributed by atoms with Gasteiger partial charge in [-0.1, -0.05) is 12.1 Å². The fourth-order valence-corrected chi connectivity index (χ4v) is 2.48. The van der Waals surface area contributed by atoms with E-state index in [2.05, 4.69) is 15.6 Å². The molecule has 5 nitrogen and oxygen atoms in total. The number of hydrogen-bond acceptors (Lipinski definition) is 3. The average Bonchev–Trinajstić information content (AvgIpc) is 2.97. The minimum absolute atomic E-state index is 0.180. The molecular weight excluding hydrogens is 309 g/mol. The van der Waals surface area contributed by atoms with Crippen LogP contribution in [0.2, 0.25) is 0 Å². The molecule has 0 atom stereocenters. The van der Waals surface area contributed by atoms with Crippen molar-refractivity contribution in [1.82, 2.24) is 10.3 Å². The van der Waals surface area contributed by atoms with Gasteiger partial charge >= 0.3 is 6.09 Å². The average molecular weight is 327 g/mol. The summed E-state index contributed by atoms with van der Waals surface area (Å²) in [4.78, 5) is 14.3. The maximum atomic E-state index is 13.9. The van der Waals surface area contributed by atoms with Crippen LogP contribution in [0.3, 0.4) is 0 Å². The SMILES string of the molecule is CNC(=O)OCc1c[nH]c2cc(Nc3ccc(C)cc3F)ccc12. The van der Waals surface area contributed by atoms with Crippen LogP contribution in [0.15, 0.2) is 42.6 Å². The summed E-state index contributed by atoms with van der Waals surface area (Å²) >= 11 is 0. The van der Waals surface area contributed by atoms with Crippen molar-refractivity contribution in [2.45, 2.75) is 13.5 Å². The molecule has 1 aromatic heterocycles. The van der Waals surface area contributed by atoms with Crippen LogP contribution in [-0.2, 0) is 11.3 Å². The largest absolute Gasteiger partial charge is 0.445 e. The van der Waals surface area contributed by atoms with Crippen molar-refractivity contribution in [2.75, 3.05) is 12.4 Å². The molecule has 3 aromatic rings. The Bertz CT molecular complexity index is 889. The summed E-state index contributed by atoms with van der Waals surface area (Å²) in [5.74, 6) is -0.291. The number of H-pyrrole nitrogens is 1. The minimum atomic E-state index is -0.475. The molecule has 124 valence electrons. The van der Waals surface area contributed by atoms with Gasteiger partial charge in [0.1, 0.15) is 12.4 Å². The molecule has 0 unspecified atom stereocenters. The van der Waals surface area contributed by atoms with E-state index in [0.717, 1.165) is 27.7 Å². The van der Waals surface area contributed by atoms with Crippen LogP contribution in [0.5, 0.6) is 0 Å². The van der Waals surface area contributed by atoms with Crippen LogP contribution < -0.4 is 10.6 Å². The quantitative estimate of drug-likeness (QED) is 0.672. The Balaban J connectivity index is 1.80. The molecule has 3 N–H and O–H groups in total. The second kappa shape index (κ2) is 6.62. The lowest BCUT2D eigenvalue weighted by Gasteiger charge is -2.09. The van der Waals surface area contributed by atoms with Crippen molar-refractivity contribution < 1.29 is 13.9 Å². The summed E-state index contributed by atoms with van der Waals surface area (Å²) in [6.45, 7) is 2.03. The van der Waals surface area contributed by atoms with E-state index in [-0.39, 0.29) is 12.4 Å². The van der Waals surface area contributed by atoms with Gasteiger partial charge in [-0.15, -0.1) is 0 Å². The molecule has 0 radical (unpaired) electrons. The zero-order valence-corrected chi connectivity index (χ0v) is 13.4. The van der Waals surface area contributed by atoms with Crippen molar-refractivity contribution in [3.63, 3.8) is 0 Å². The number of aryl methyl sites for hydroxylation is 1. The standard InChI is InChI=1S/C18H18FN3O2/c1-11-3-6-16(15(19)7-11)22-13-4-5-14-12(9-21-17(14)8-13)10-24-18(23)20-2/h3-9,21-22H,10H2,1-2H3,(H,20,23). The second-order valence-corrected chi connectivity index (χ2v) is 5.51. The molecule has 24 heavy (non-hydrogen) atoms. The number of halogens is 1. The molecule has 0 fully saturated rings. The number of carbonyl (C=O) groups excluding carboxylic acids is 1. The van der Waals surface area contributed by atoms with E-state index in [4.69, 9.17) is 4.74 Å². The van der Waals surface area contributed by atoms with E-state index in [1.165, 1.54) is 13.1 Å². The van der Waals surface area contributed by atoms with Crippen molar-refractivity contribution in [3.05, 3.63) is 59.5 Å². The highest BCUT2D eigenvalue weighted by atomic mass is 19.1. The lowest BCUT2D eigenvalue weighted by molar-refractivity contribution is 0.142. The highest BCUT2D eigenvalue weighted by molar-refractivity contribution is 5.87. The number of amides is 1. The first-order valence-electron chi connectivity index (χ1n) is 7.54. The lowest BCUT2D eigenvalue weighted by atomic mass is 10.1. The molecule has 0 aliphatic carbocycles. The molecule has 1 amide bonds. The van der Waals surface area contributed by atoms with Crippen LogP contribution >= 0.6 is 0 Å². The summed E-state index contributed by atoms with van der Waals surface area (Å²) in [6, 6.07) is 10.7. The van der Waals surface area contributed by atoms with Gasteiger partial charge < -0.3 is 20.4 Å². The van der Waals surface area contributed by atoms with E-state index in [0.29, 0.717) is 5.69 Å². The van der Waals surface area contributed by atoms with Gasteiger partial charge in [0.05, 0.1) is 5.69 Å². The molecule has 0 aliphatic rings. The van der Waals surface area contributed by atoms with Crippen LogP contribution in [0.1, 0.15) is 11.1 Å². The summed E-state index contributed by atoms with van der Waals surface area (Å²) in [6.07, 6.45) is 1.32. The highest BCUT2D eigenvalue weighted by Gasteiger charge is 2.08. The first kappa shape index (κ1) is 15.9. The molecule has 0 saturated carbocycles. The number of fused-ring (bicyclic) bond motifs is 1. The number of alkyl carbamates (subject to hydrolysis) is 1. The smallest absolute Gasteiger partial charge is 0.407 e. The van der Waals surface area contributed by atoms with E-state index in [1.54, 1.807) is 12.3 Å².